The van der Waals surface area contributed by atoms with E-state index in [-0.39, 0.29) is 5.69 Å². The summed E-state index contributed by atoms with van der Waals surface area (Å²) in [5, 5.41) is 2.71. The van der Waals surface area contributed by atoms with Gasteiger partial charge in [-0.25, -0.2) is 14.4 Å². The molecule has 2 aliphatic rings. The van der Waals surface area contributed by atoms with Gasteiger partial charge in [-0.3, -0.25) is 4.90 Å². The second-order valence-corrected chi connectivity index (χ2v) is 7.31. The minimum absolute atomic E-state index is 0.316. The highest BCUT2D eigenvalue weighted by Crippen LogP contribution is 2.31. The summed E-state index contributed by atoms with van der Waals surface area (Å²) in [4.78, 5) is 20.2. The molecule has 1 saturated heterocycles. The third kappa shape index (κ3) is 2.98. The molecule has 0 amide bonds. The van der Waals surface area contributed by atoms with Gasteiger partial charge in [0.2, 0.25) is 0 Å². The second kappa shape index (κ2) is 6.42. The fourth-order valence-electron chi connectivity index (χ4n) is 4.10. The predicted octanol–water partition coefficient (Wildman–Crippen LogP) is 1.84. The van der Waals surface area contributed by atoms with E-state index in [2.05, 4.69) is 45.0 Å². The summed E-state index contributed by atoms with van der Waals surface area (Å²) in [5.41, 5.74) is 4.08. The van der Waals surface area contributed by atoms with Gasteiger partial charge in [0.1, 0.15) is 5.75 Å². The van der Waals surface area contributed by atoms with E-state index in [9.17, 15) is 4.79 Å². The molecule has 1 aromatic carbocycles. The molecule has 5 rings (SSSR count). The largest absolute Gasteiger partial charge is 0.493 e. The van der Waals surface area contributed by atoms with Gasteiger partial charge in [-0.15, -0.1) is 0 Å². The van der Waals surface area contributed by atoms with Crippen molar-refractivity contribution in [2.45, 2.75) is 19.4 Å². The summed E-state index contributed by atoms with van der Waals surface area (Å²) in [6, 6.07) is 11.0. The number of aromatic amines is 1. The Bertz CT molecular complexity index is 1030. The third-order valence-electron chi connectivity index (χ3n) is 5.77. The van der Waals surface area contributed by atoms with Gasteiger partial charge >= 0.3 is 5.69 Å². The van der Waals surface area contributed by atoms with Crippen LogP contribution in [0.4, 0.5) is 5.69 Å². The summed E-state index contributed by atoms with van der Waals surface area (Å²) in [7, 11) is 0. The Labute approximate surface area is 157 Å². The van der Waals surface area contributed by atoms with Crippen molar-refractivity contribution < 1.29 is 4.74 Å². The molecular formula is C20H23N5O2. The minimum atomic E-state index is -0.316. The number of hydrogen-bond donors (Lipinski definition) is 1. The van der Waals surface area contributed by atoms with Crippen LogP contribution in [0, 0.1) is 0 Å². The zero-order valence-electron chi connectivity index (χ0n) is 15.4. The predicted molar refractivity (Wildman–Crippen MR) is 104 cm³/mol. The summed E-state index contributed by atoms with van der Waals surface area (Å²) >= 11 is 0. The van der Waals surface area contributed by atoms with Crippen molar-refractivity contribution in [2.75, 3.05) is 37.7 Å². The average Bonchev–Trinajstić information content (AvgIpc) is 3.31. The van der Waals surface area contributed by atoms with Crippen molar-refractivity contribution in [3.05, 3.63) is 58.1 Å². The lowest BCUT2D eigenvalue weighted by Crippen LogP contribution is -2.47. The first-order valence-electron chi connectivity index (χ1n) is 9.50. The molecule has 27 heavy (non-hydrogen) atoms. The van der Waals surface area contributed by atoms with Crippen molar-refractivity contribution in [3.8, 4) is 5.75 Å². The Kier molecular flexibility index (Phi) is 3.89. The lowest BCUT2D eigenvalue weighted by molar-refractivity contribution is 0.198. The minimum Gasteiger partial charge on any atom is -0.493 e. The lowest BCUT2D eigenvalue weighted by Gasteiger charge is -2.39. The van der Waals surface area contributed by atoms with Gasteiger partial charge in [-0.05, 0) is 36.2 Å². The van der Waals surface area contributed by atoms with E-state index in [0.29, 0.717) is 11.7 Å². The fraction of sp³-hybridized carbons (Fsp3) is 0.400. The SMILES string of the molecule is CC(c1ccc2c(c1)OCC2)N1CCN(c2ccc3nc(=O)[nH]n3c2)CC1. The molecule has 2 aromatic heterocycles. The zero-order valence-corrected chi connectivity index (χ0v) is 15.4. The van der Waals surface area contributed by atoms with E-state index in [1.54, 1.807) is 4.52 Å². The molecule has 1 N–H and O–H groups in total. The lowest BCUT2D eigenvalue weighted by atomic mass is 10.0. The van der Waals surface area contributed by atoms with Gasteiger partial charge in [0.25, 0.3) is 0 Å². The van der Waals surface area contributed by atoms with Gasteiger partial charge in [0.15, 0.2) is 5.65 Å². The first-order valence-corrected chi connectivity index (χ1v) is 9.50. The number of hydrogen-bond acceptors (Lipinski definition) is 5. The number of pyridine rings is 1. The van der Waals surface area contributed by atoms with Crippen LogP contribution in [0.5, 0.6) is 5.75 Å². The maximum atomic E-state index is 11.4. The summed E-state index contributed by atoms with van der Waals surface area (Å²) in [5.74, 6) is 1.06. The number of nitrogens with one attached hydrogen (secondary N) is 1. The number of fused-ring (bicyclic) bond motifs is 2. The standard InChI is InChI=1S/C20H23N5O2/c1-14(16-3-2-15-6-11-27-18(15)12-16)23-7-9-24(10-8-23)17-4-5-19-21-20(26)22-25(19)13-17/h2-5,12-14H,6-11H2,1H3,(H,22,26). The number of benzene rings is 1. The number of ether oxygens (including phenoxy) is 1. The number of rotatable bonds is 3. The van der Waals surface area contributed by atoms with Crippen molar-refractivity contribution in [3.63, 3.8) is 0 Å². The monoisotopic (exact) mass is 365 g/mol. The topological polar surface area (TPSA) is 65.9 Å². The van der Waals surface area contributed by atoms with Crippen molar-refractivity contribution in [1.82, 2.24) is 19.5 Å². The highest BCUT2D eigenvalue weighted by atomic mass is 16.5. The maximum Gasteiger partial charge on any atom is 0.362 e. The molecule has 2 aliphatic heterocycles. The van der Waals surface area contributed by atoms with Crippen LogP contribution in [-0.4, -0.2) is 52.3 Å². The number of piperazine rings is 1. The van der Waals surface area contributed by atoms with Crippen molar-refractivity contribution in [1.29, 1.82) is 0 Å². The Balaban J connectivity index is 1.28. The molecule has 3 aromatic rings. The fourth-order valence-corrected chi connectivity index (χ4v) is 4.10. The van der Waals surface area contributed by atoms with Crippen LogP contribution in [0.25, 0.3) is 5.65 Å². The van der Waals surface area contributed by atoms with Crippen LogP contribution in [0.2, 0.25) is 0 Å². The average molecular weight is 365 g/mol. The molecule has 0 radical (unpaired) electrons. The molecule has 0 bridgehead atoms. The molecule has 1 fully saturated rings. The van der Waals surface area contributed by atoms with E-state index in [4.69, 9.17) is 4.74 Å². The normalized spacial score (nSPS) is 18.5. The van der Waals surface area contributed by atoms with E-state index >= 15 is 0 Å². The third-order valence-corrected chi connectivity index (χ3v) is 5.77. The number of H-pyrrole nitrogens is 1. The van der Waals surface area contributed by atoms with E-state index in [0.717, 1.165) is 50.6 Å². The van der Waals surface area contributed by atoms with Gasteiger partial charge in [0, 0.05) is 38.6 Å². The van der Waals surface area contributed by atoms with Crippen LogP contribution in [-0.2, 0) is 6.42 Å². The molecular weight excluding hydrogens is 342 g/mol. The van der Waals surface area contributed by atoms with Gasteiger partial charge in [-0.1, -0.05) is 12.1 Å². The van der Waals surface area contributed by atoms with E-state index in [1.165, 1.54) is 11.1 Å². The first-order chi connectivity index (χ1) is 13.2. The van der Waals surface area contributed by atoms with Crippen LogP contribution in [0.1, 0.15) is 24.1 Å². The number of anilines is 1. The van der Waals surface area contributed by atoms with Crippen LogP contribution in [0.3, 0.4) is 0 Å². The van der Waals surface area contributed by atoms with Crippen LogP contribution in [0.15, 0.2) is 41.3 Å². The number of nitrogens with zero attached hydrogens (tertiary/aromatic N) is 4. The van der Waals surface area contributed by atoms with E-state index in [1.807, 2.05) is 18.3 Å². The van der Waals surface area contributed by atoms with Crippen molar-refractivity contribution >= 4 is 11.3 Å². The van der Waals surface area contributed by atoms with Gasteiger partial charge in [0.05, 0.1) is 18.5 Å². The molecule has 1 atom stereocenters. The molecule has 7 nitrogen and oxygen atoms in total. The Morgan fingerprint density at radius 3 is 2.85 bits per heavy atom. The van der Waals surface area contributed by atoms with Gasteiger partial charge < -0.3 is 9.64 Å². The first kappa shape index (κ1) is 16.4. The molecule has 1 unspecified atom stereocenters. The summed E-state index contributed by atoms with van der Waals surface area (Å²) in [6.07, 6.45) is 2.97. The molecule has 0 saturated carbocycles. The smallest absolute Gasteiger partial charge is 0.362 e. The highest BCUT2D eigenvalue weighted by molar-refractivity contribution is 5.51. The summed E-state index contributed by atoms with van der Waals surface area (Å²) < 4.78 is 7.42. The molecule has 0 aliphatic carbocycles. The molecule has 7 heteroatoms. The Hall–Kier alpha value is -2.80. The number of aromatic nitrogens is 3. The maximum absolute atomic E-state index is 11.4. The Morgan fingerprint density at radius 1 is 1.15 bits per heavy atom. The molecule has 4 heterocycles. The summed E-state index contributed by atoms with van der Waals surface area (Å²) in [6.45, 7) is 6.98. The van der Waals surface area contributed by atoms with Gasteiger partial charge in [-0.2, -0.15) is 4.98 Å². The second-order valence-electron chi connectivity index (χ2n) is 7.31. The zero-order chi connectivity index (χ0) is 18.4. The van der Waals surface area contributed by atoms with Crippen LogP contribution < -0.4 is 15.3 Å². The molecule has 140 valence electrons. The molecule has 0 spiro atoms. The van der Waals surface area contributed by atoms with Crippen LogP contribution >= 0.6 is 0 Å². The van der Waals surface area contributed by atoms with E-state index < -0.39 is 0 Å². The van der Waals surface area contributed by atoms with Crippen molar-refractivity contribution in [2.24, 2.45) is 0 Å². The Morgan fingerprint density at radius 2 is 2.00 bits per heavy atom. The highest BCUT2D eigenvalue weighted by Gasteiger charge is 2.24. The quantitative estimate of drug-likeness (QED) is 0.767.